The lowest BCUT2D eigenvalue weighted by molar-refractivity contribution is 0.0962. The third-order valence-electron chi connectivity index (χ3n) is 5.17. The zero-order valence-corrected chi connectivity index (χ0v) is 15.9. The average Bonchev–Trinajstić information content (AvgIpc) is 2.63. The molecule has 0 unspecified atom stereocenters. The fourth-order valence-electron chi connectivity index (χ4n) is 3.67. The summed E-state index contributed by atoms with van der Waals surface area (Å²) >= 11 is 0. The van der Waals surface area contributed by atoms with Gasteiger partial charge in [-0.15, -0.1) is 0 Å². The number of hydrogen-bond donors (Lipinski definition) is 1. The highest BCUT2D eigenvalue weighted by Gasteiger charge is 2.29. The minimum atomic E-state index is 0.140. The Morgan fingerprint density at radius 1 is 0.852 bits per heavy atom. The molecule has 1 heterocycles. The van der Waals surface area contributed by atoms with Crippen LogP contribution in [-0.4, -0.2) is 15.8 Å². The Balaban J connectivity index is 1.65. The van der Waals surface area contributed by atoms with Crippen LogP contribution >= 0.6 is 0 Å². The largest absolute Gasteiger partial charge is 0.324 e. The monoisotopic (exact) mass is 357 g/mol. The molecule has 136 valence electrons. The Morgan fingerprint density at radius 3 is 2.15 bits per heavy atom. The van der Waals surface area contributed by atoms with Gasteiger partial charge in [0.1, 0.15) is 0 Å². The molecule has 0 saturated heterocycles. The second kappa shape index (κ2) is 6.95. The molecule has 1 N–H and O–H groups in total. The average molecular weight is 357 g/mol. The predicted molar refractivity (Wildman–Crippen MR) is 108 cm³/mol. The number of anilines is 2. The van der Waals surface area contributed by atoms with Gasteiger partial charge in [-0.1, -0.05) is 47.5 Å². The van der Waals surface area contributed by atoms with Crippen molar-refractivity contribution in [2.24, 2.45) is 0 Å². The number of Topliss-reactive ketones (excluding diaryl/α,β-unsaturated/α-hetero) is 1. The van der Waals surface area contributed by atoms with Crippen LogP contribution in [0.3, 0.4) is 0 Å². The van der Waals surface area contributed by atoms with Gasteiger partial charge in [-0.25, -0.2) is 9.97 Å². The van der Waals surface area contributed by atoms with Gasteiger partial charge < -0.3 is 5.32 Å². The summed E-state index contributed by atoms with van der Waals surface area (Å²) in [4.78, 5) is 22.0. The topological polar surface area (TPSA) is 54.9 Å². The number of carbonyl (C=O) groups is 1. The Kier molecular flexibility index (Phi) is 4.48. The van der Waals surface area contributed by atoms with Gasteiger partial charge in [0.25, 0.3) is 0 Å². The smallest absolute Gasteiger partial charge is 0.227 e. The molecule has 4 heteroatoms. The molecule has 0 spiro atoms. The molecule has 1 atom stereocenters. The van der Waals surface area contributed by atoms with E-state index in [1.54, 1.807) is 0 Å². The maximum absolute atomic E-state index is 12.8. The van der Waals surface area contributed by atoms with Crippen LogP contribution in [-0.2, 0) is 6.42 Å². The van der Waals surface area contributed by atoms with Gasteiger partial charge in [0, 0.05) is 12.1 Å². The third kappa shape index (κ3) is 3.61. The maximum Gasteiger partial charge on any atom is 0.227 e. The van der Waals surface area contributed by atoms with E-state index in [2.05, 4.69) is 48.4 Å². The van der Waals surface area contributed by atoms with Gasteiger partial charge in [0.2, 0.25) is 5.95 Å². The molecule has 0 fully saturated rings. The molecule has 1 aromatic heterocycles. The van der Waals surface area contributed by atoms with Crippen molar-refractivity contribution in [2.45, 2.75) is 39.5 Å². The number of rotatable bonds is 3. The highest BCUT2D eigenvalue weighted by molar-refractivity contribution is 5.99. The number of ketones is 1. The van der Waals surface area contributed by atoms with Crippen molar-refractivity contribution < 1.29 is 4.79 Å². The normalized spacial score (nSPS) is 16.1. The number of benzene rings is 2. The molecular weight excluding hydrogens is 334 g/mol. The van der Waals surface area contributed by atoms with E-state index < -0.39 is 0 Å². The van der Waals surface area contributed by atoms with Crippen molar-refractivity contribution >= 4 is 17.4 Å². The van der Waals surface area contributed by atoms with Crippen LogP contribution < -0.4 is 5.32 Å². The first-order valence-corrected chi connectivity index (χ1v) is 9.30. The van der Waals surface area contributed by atoms with Gasteiger partial charge in [-0.2, -0.15) is 0 Å². The molecule has 1 aliphatic carbocycles. The van der Waals surface area contributed by atoms with Crippen molar-refractivity contribution in [2.75, 3.05) is 5.32 Å². The van der Waals surface area contributed by atoms with E-state index in [1.807, 2.05) is 31.2 Å². The summed E-state index contributed by atoms with van der Waals surface area (Å²) in [7, 11) is 0. The Bertz CT molecular complexity index is 991. The lowest BCUT2D eigenvalue weighted by Crippen LogP contribution is -2.22. The summed E-state index contributed by atoms with van der Waals surface area (Å²) in [5.74, 6) is 0.862. The minimum absolute atomic E-state index is 0.140. The lowest BCUT2D eigenvalue weighted by atomic mass is 9.81. The highest BCUT2D eigenvalue weighted by atomic mass is 16.1. The zero-order chi connectivity index (χ0) is 19.0. The summed E-state index contributed by atoms with van der Waals surface area (Å²) < 4.78 is 0. The fraction of sp³-hybridized carbons (Fsp3) is 0.261. The van der Waals surface area contributed by atoms with E-state index in [1.165, 1.54) is 16.7 Å². The van der Waals surface area contributed by atoms with Crippen LogP contribution in [0.2, 0.25) is 0 Å². The Hall–Kier alpha value is -3.01. The van der Waals surface area contributed by atoms with E-state index in [9.17, 15) is 4.79 Å². The SMILES string of the molecule is Cc1ccc(Nc2nc(C)c3c(n2)C[C@@H](c2ccc(C)cc2)CC3=O)cc1. The molecule has 1 aliphatic rings. The van der Waals surface area contributed by atoms with Gasteiger partial charge in [-0.05, 0) is 50.8 Å². The molecule has 4 rings (SSSR count). The molecule has 2 aromatic carbocycles. The molecule has 3 aromatic rings. The third-order valence-corrected chi connectivity index (χ3v) is 5.17. The number of nitrogens with zero attached hydrogens (tertiary/aromatic N) is 2. The second-order valence-corrected chi connectivity index (χ2v) is 7.38. The number of fused-ring (bicyclic) bond motifs is 1. The standard InChI is InChI=1S/C23H23N3O/c1-14-4-8-17(9-5-14)18-12-20-22(21(27)13-18)16(3)24-23(26-20)25-19-10-6-15(2)7-11-19/h4-11,18H,12-13H2,1-3H3,(H,24,25,26)/t18-/m1/s1. The molecule has 4 nitrogen and oxygen atoms in total. The van der Waals surface area contributed by atoms with Crippen LogP contribution in [0, 0.1) is 20.8 Å². The zero-order valence-electron chi connectivity index (χ0n) is 15.9. The van der Waals surface area contributed by atoms with Gasteiger partial charge in [-0.3, -0.25) is 4.79 Å². The lowest BCUT2D eigenvalue weighted by Gasteiger charge is -2.24. The van der Waals surface area contributed by atoms with Crippen molar-refractivity contribution in [3.8, 4) is 0 Å². The summed E-state index contributed by atoms with van der Waals surface area (Å²) in [5.41, 5.74) is 6.87. The summed E-state index contributed by atoms with van der Waals surface area (Å²) in [6, 6.07) is 16.6. The van der Waals surface area contributed by atoms with Crippen molar-refractivity contribution in [1.82, 2.24) is 9.97 Å². The van der Waals surface area contributed by atoms with Crippen molar-refractivity contribution in [3.05, 3.63) is 82.2 Å². The van der Waals surface area contributed by atoms with E-state index in [4.69, 9.17) is 4.98 Å². The first kappa shape index (κ1) is 17.4. The molecule has 0 radical (unpaired) electrons. The quantitative estimate of drug-likeness (QED) is 0.712. The van der Waals surface area contributed by atoms with Gasteiger partial charge in [0.05, 0.1) is 17.0 Å². The highest BCUT2D eigenvalue weighted by Crippen LogP contribution is 2.33. The van der Waals surface area contributed by atoms with Crippen LogP contribution in [0.5, 0.6) is 0 Å². The van der Waals surface area contributed by atoms with Crippen LogP contribution in [0.1, 0.15) is 50.8 Å². The molecule has 0 bridgehead atoms. The number of hydrogen-bond acceptors (Lipinski definition) is 4. The maximum atomic E-state index is 12.8. The van der Waals surface area contributed by atoms with Crippen LogP contribution in [0.15, 0.2) is 48.5 Å². The van der Waals surface area contributed by atoms with Crippen LogP contribution in [0.4, 0.5) is 11.6 Å². The Labute approximate surface area is 159 Å². The number of nitrogens with one attached hydrogen (secondary N) is 1. The van der Waals surface area contributed by atoms with Gasteiger partial charge in [0.15, 0.2) is 5.78 Å². The molecule has 0 saturated carbocycles. The second-order valence-electron chi connectivity index (χ2n) is 7.38. The van der Waals surface area contributed by atoms with E-state index in [-0.39, 0.29) is 11.7 Å². The predicted octanol–water partition coefficient (Wildman–Crippen LogP) is 5.06. The molecule has 27 heavy (non-hydrogen) atoms. The van der Waals surface area contributed by atoms with Crippen molar-refractivity contribution in [1.29, 1.82) is 0 Å². The first-order chi connectivity index (χ1) is 13.0. The van der Waals surface area contributed by atoms with E-state index in [0.29, 0.717) is 17.9 Å². The van der Waals surface area contributed by atoms with Gasteiger partial charge >= 0.3 is 0 Å². The number of aryl methyl sites for hydroxylation is 3. The Morgan fingerprint density at radius 2 is 1.48 bits per heavy atom. The van der Waals surface area contributed by atoms with Crippen LogP contribution in [0.25, 0.3) is 0 Å². The summed E-state index contributed by atoms with van der Waals surface area (Å²) in [6.07, 6.45) is 1.28. The number of aromatic nitrogens is 2. The number of carbonyl (C=O) groups excluding carboxylic acids is 1. The van der Waals surface area contributed by atoms with E-state index in [0.717, 1.165) is 23.5 Å². The minimum Gasteiger partial charge on any atom is -0.324 e. The van der Waals surface area contributed by atoms with Crippen molar-refractivity contribution in [3.63, 3.8) is 0 Å². The fourth-order valence-corrected chi connectivity index (χ4v) is 3.67. The molecular formula is C23H23N3O. The first-order valence-electron chi connectivity index (χ1n) is 9.30. The summed E-state index contributed by atoms with van der Waals surface area (Å²) in [6.45, 7) is 6.02. The summed E-state index contributed by atoms with van der Waals surface area (Å²) in [5, 5.41) is 3.27. The van der Waals surface area contributed by atoms with E-state index >= 15 is 0 Å². The molecule has 0 amide bonds. The molecule has 0 aliphatic heterocycles.